The lowest BCUT2D eigenvalue weighted by Crippen LogP contribution is -2.29. The van der Waals surface area contributed by atoms with Crippen molar-refractivity contribution in [3.8, 4) is 0 Å². The van der Waals surface area contributed by atoms with Crippen LogP contribution in [0.15, 0.2) is 46.9 Å². The van der Waals surface area contributed by atoms with Crippen LogP contribution in [-0.2, 0) is 11.3 Å². The molecular weight excluding hydrogens is 340 g/mol. The summed E-state index contributed by atoms with van der Waals surface area (Å²) in [6.45, 7) is 5.22. The summed E-state index contributed by atoms with van der Waals surface area (Å²) in [5.41, 5.74) is 4.45. The highest BCUT2D eigenvalue weighted by atomic mass is 79.9. The standard InChI is InChI=1S/C18H21BrN2O/c1-13-4-9-17(10-14(13)2)20-18(22)12-21(3)11-15-5-7-16(19)8-6-15/h4-10H,11-12H2,1-3H3,(H,20,22). The Hall–Kier alpha value is -1.65. The molecule has 0 spiro atoms. The van der Waals surface area contributed by atoms with E-state index in [4.69, 9.17) is 0 Å². The van der Waals surface area contributed by atoms with Gasteiger partial charge in [0, 0.05) is 16.7 Å². The van der Waals surface area contributed by atoms with Crippen LogP contribution in [0.1, 0.15) is 16.7 Å². The number of benzene rings is 2. The van der Waals surface area contributed by atoms with Crippen molar-refractivity contribution in [3.63, 3.8) is 0 Å². The third-order valence-electron chi connectivity index (χ3n) is 3.57. The molecule has 0 aliphatic rings. The largest absolute Gasteiger partial charge is 0.325 e. The molecule has 0 unspecified atom stereocenters. The van der Waals surface area contributed by atoms with Crippen LogP contribution in [0.5, 0.6) is 0 Å². The molecule has 0 aliphatic heterocycles. The lowest BCUT2D eigenvalue weighted by molar-refractivity contribution is -0.117. The van der Waals surface area contributed by atoms with E-state index in [2.05, 4.69) is 40.3 Å². The van der Waals surface area contributed by atoms with Crippen molar-refractivity contribution in [3.05, 3.63) is 63.6 Å². The maximum Gasteiger partial charge on any atom is 0.238 e. The molecule has 2 aromatic rings. The summed E-state index contributed by atoms with van der Waals surface area (Å²) in [4.78, 5) is 14.1. The smallest absolute Gasteiger partial charge is 0.238 e. The maximum absolute atomic E-state index is 12.1. The van der Waals surface area contributed by atoms with E-state index in [-0.39, 0.29) is 5.91 Å². The average Bonchev–Trinajstić information content (AvgIpc) is 2.45. The van der Waals surface area contributed by atoms with E-state index in [0.29, 0.717) is 6.54 Å². The number of nitrogens with zero attached hydrogens (tertiary/aromatic N) is 1. The molecule has 1 N–H and O–H groups in total. The van der Waals surface area contributed by atoms with Crippen molar-refractivity contribution < 1.29 is 4.79 Å². The van der Waals surface area contributed by atoms with Gasteiger partial charge in [-0.15, -0.1) is 0 Å². The molecule has 4 heteroatoms. The minimum absolute atomic E-state index is 0.00265. The Balaban J connectivity index is 1.88. The number of amides is 1. The average molecular weight is 361 g/mol. The van der Waals surface area contributed by atoms with Crippen LogP contribution in [0.4, 0.5) is 5.69 Å². The Bertz CT molecular complexity index is 653. The van der Waals surface area contributed by atoms with Crippen LogP contribution in [0.25, 0.3) is 0 Å². The first kappa shape index (κ1) is 16.7. The van der Waals surface area contributed by atoms with Gasteiger partial charge in [-0.2, -0.15) is 0 Å². The van der Waals surface area contributed by atoms with Crippen LogP contribution in [0, 0.1) is 13.8 Å². The van der Waals surface area contributed by atoms with Gasteiger partial charge in [-0.05, 0) is 61.9 Å². The predicted octanol–water partition coefficient (Wildman–Crippen LogP) is 4.14. The fraction of sp³-hybridized carbons (Fsp3) is 0.278. The topological polar surface area (TPSA) is 32.3 Å². The molecule has 0 radical (unpaired) electrons. The normalized spacial score (nSPS) is 10.8. The summed E-state index contributed by atoms with van der Waals surface area (Å²) in [6.07, 6.45) is 0. The molecule has 22 heavy (non-hydrogen) atoms. The van der Waals surface area contributed by atoms with Crippen LogP contribution in [0.3, 0.4) is 0 Å². The van der Waals surface area contributed by atoms with Crippen LogP contribution >= 0.6 is 15.9 Å². The number of carbonyl (C=O) groups excluding carboxylic acids is 1. The van der Waals surface area contributed by atoms with Crippen LogP contribution in [-0.4, -0.2) is 24.4 Å². The SMILES string of the molecule is Cc1ccc(NC(=O)CN(C)Cc2ccc(Br)cc2)cc1C. The van der Waals surface area contributed by atoms with E-state index in [1.165, 1.54) is 16.7 Å². The highest BCUT2D eigenvalue weighted by Crippen LogP contribution is 2.14. The summed E-state index contributed by atoms with van der Waals surface area (Å²) >= 11 is 3.42. The zero-order chi connectivity index (χ0) is 16.1. The zero-order valence-electron chi connectivity index (χ0n) is 13.2. The molecule has 0 aliphatic carbocycles. The first-order valence-electron chi connectivity index (χ1n) is 7.24. The highest BCUT2D eigenvalue weighted by Gasteiger charge is 2.08. The quantitative estimate of drug-likeness (QED) is 0.868. The van der Waals surface area contributed by atoms with Crippen LogP contribution < -0.4 is 5.32 Å². The summed E-state index contributed by atoms with van der Waals surface area (Å²) < 4.78 is 1.06. The second-order valence-corrected chi connectivity index (χ2v) is 6.56. The van der Waals surface area contributed by atoms with Gasteiger partial charge in [0.05, 0.1) is 6.54 Å². The molecule has 0 aromatic heterocycles. The zero-order valence-corrected chi connectivity index (χ0v) is 14.8. The van der Waals surface area contributed by atoms with Crippen molar-refractivity contribution in [2.24, 2.45) is 0 Å². The first-order valence-corrected chi connectivity index (χ1v) is 8.03. The number of carbonyl (C=O) groups is 1. The summed E-state index contributed by atoms with van der Waals surface area (Å²) in [5.74, 6) is 0.00265. The van der Waals surface area contributed by atoms with Gasteiger partial charge < -0.3 is 5.32 Å². The highest BCUT2D eigenvalue weighted by molar-refractivity contribution is 9.10. The summed E-state index contributed by atoms with van der Waals surface area (Å²) in [6, 6.07) is 14.1. The third-order valence-corrected chi connectivity index (χ3v) is 4.10. The number of hydrogen-bond donors (Lipinski definition) is 1. The number of halogens is 1. The van der Waals surface area contributed by atoms with Crippen molar-refractivity contribution in [2.45, 2.75) is 20.4 Å². The van der Waals surface area contributed by atoms with Crippen molar-refractivity contribution in [1.82, 2.24) is 4.90 Å². The van der Waals surface area contributed by atoms with Gasteiger partial charge in [-0.3, -0.25) is 9.69 Å². The Kier molecular flexibility index (Phi) is 5.75. The van der Waals surface area contributed by atoms with Crippen molar-refractivity contribution >= 4 is 27.5 Å². The van der Waals surface area contributed by atoms with Gasteiger partial charge in [0.15, 0.2) is 0 Å². The Morgan fingerprint density at radius 1 is 1.09 bits per heavy atom. The molecule has 116 valence electrons. The Morgan fingerprint density at radius 2 is 1.77 bits per heavy atom. The van der Waals surface area contributed by atoms with Gasteiger partial charge in [0.25, 0.3) is 0 Å². The number of nitrogens with one attached hydrogen (secondary N) is 1. The minimum atomic E-state index is 0.00265. The Morgan fingerprint density at radius 3 is 2.41 bits per heavy atom. The molecule has 0 heterocycles. The third kappa shape index (κ3) is 4.97. The molecular formula is C18H21BrN2O. The van der Waals surface area contributed by atoms with Gasteiger partial charge in [-0.1, -0.05) is 34.1 Å². The molecule has 0 saturated heterocycles. The fourth-order valence-corrected chi connectivity index (χ4v) is 2.49. The fourth-order valence-electron chi connectivity index (χ4n) is 2.22. The van der Waals surface area contributed by atoms with E-state index in [0.717, 1.165) is 16.7 Å². The van der Waals surface area contributed by atoms with Crippen molar-refractivity contribution in [2.75, 3.05) is 18.9 Å². The number of rotatable bonds is 5. The molecule has 0 atom stereocenters. The molecule has 0 saturated carbocycles. The van der Waals surface area contributed by atoms with Gasteiger partial charge in [0.1, 0.15) is 0 Å². The lowest BCUT2D eigenvalue weighted by atomic mass is 10.1. The predicted molar refractivity (Wildman–Crippen MR) is 95.0 cm³/mol. The van der Waals surface area contributed by atoms with Gasteiger partial charge in [-0.25, -0.2) is 0 Å². The monoisotopic (exact) mass is 360 g/mol. The molecule has 2 aromatic carbocycles. The first-order chi connectivity index (χ1) is 10.4. The molecule has 1 amide bonds. The number of aryl methyl sites for hydroxylation is 2. The number of hydrogen-bond acceptors (Lipinski definition) is 2. The van der Waals surface area contributed by atoms with E-state index in [9.17, 15) is 4.79 Å². The number of anilines is 1. The maximum atomic E-state index is 12.1. The van der Waals surface area contributed by atoms with E-state index in [1.807, 2.05) is 49.2 Å². The second kappa shape index (κ2) is 7.56. The Labute approximate surface area is 140 Å². The molecule has 2 rings (SSSR count). The molecule has 0 bridgehead atoms. The molecule has 3 nitrogen and oxygen atoms in total. The van der Waals surface area contributed by atoms with Gasteiger partial charge in [0.2, 0.25) is 5.91 Å². The van der Waals surface area contributed by atoms with Crippen LogP contribution in [0.2, 0.25) is 0 Å². The molecule has 0 fully saturated rings. The second-order valence-electron chi connectivity index (χ2n) is 5.65. The number of likely N-dealkylation sites (N-methyl/N-ethyl adjacent to an activating group) is 1. The van der Waals surface area contributed by atoms with E-state index >= 15 is 0 Å². The van der Waals surface area contributed by atoms with E-state index in [1.54, 1.807) is 0 Å². The van der Waals surface area contributed by atoms with Crippen molar-refractivity contribution in [1.29, 1.82) is 0 Å². The minimum Gasteiger partial charge on any atom is -0.325 e. The van der Waals surface area contributed by atoms with Gasteiger partial charge >= 0.3 is 0 Å². The van der Waals surface area contributed by atoms with E-state index < -0.39 is 0 Å². The lowest BCUT2D eigenvalue weighted by Gasteiger charge is -2.16. The summed E-state index contributed by atoms with van der Waals surface area (Å²) in [7, 11) is 1.95. The summed E-state index contributed by atoms with van der Waals surface area (Å²) in [5, 5.41) is 2.95.